The van der Waals surface area contributed by atoms with Gasteiger partial charge in [-0.15, -0.1) is 0 Å². The van der Waals surface area contributed by atoms with Crippen LogP contribution in [0.4, 0.5) is 9.52 Å². The Kier molecular flexibility index (Phi) is 4.81. The first kappa shape index (κ1) is 16.1. The van der Waals surface area contributed by atoms with Gasteiger partial charge in [0.05, 0.1) is 16.6 Å². The number of halogens is 1. The topological polar surface area (TPSA) is 68.3 Å². The molecule has 0 fully saturated rings. The van der Waals surface area contributed by atoms with E-state index in [0.717, 1.165) is 10.2 Å². The van der Waals surface area contributed by atoms with Crippen molar-refractivity contribution in [3.05, 3.63) is 59.9 Å². The molecule has 5 nitrogen and oxygen atoms in total. The summed E-state index contributed by atoms with van der Waals surface area (Å²) >= 11 is 1.33. The Bertz CT molecular complexity index is 861. The van der Waals surface area contributed by atoms with Crippen LogP contribution >= 0.6 is 11.3 Å². The first-order valence-electron chi connectivity index (χ1n) is 7.16. The van der Waals surface area contributed by atoms with Crippen LogP contribution in [0.2, 0.25) is 0 Å². The Hall–Kier alpha value is -2.80. The van der Waals surface area contributed by atoms with Gasteiger partial charge in [0, 0.05) is 0 Å². The molecule has 0 bridgehead atoms. The summed E-state index contributed by atoms with van der Waals surface area (Å²) in [7, 11) is 0. The maximum absolute atomic E-state index is 13.4. The lowest BCUT2D eigenvalue weighted by atomic mass is 10.1. The Morgan fingerprint density at radius 2 is 1.88 bits per heavy atom. The largest absolute Gasteiger partial charge is 0.455 e. The van der Waals surface area contributed by atoms with Crippen molar-refractivity contribution in [3.63, 3.8) is 0 Å². The minimum Gasteiger partial charge on any atom is -0.455 e. The molecule has 0 saturated heterocycles. The molecule has 1 amide bonds. The van der Waals surface area contributed by atoms with Gasteiger partial charge in [-0.25, -0.2) is 9.37 Å². The van der Waals surface area contributed by atoms with Crippen molar-refractivity contribution in [2.45, 2.75) is 6.42 Å². The van der Waals surface area contributed by atoms with Crippen LogP contribution < -0.4 is 5.32 Å². The lowest BCUT2D eigenvalue weighted by Gasteiger charge is -2.05. The lowest BCUT2D eigenvalue weighted by molar-refractivity contribution is -0.146. The quantitative estimate of drug-likeness (QED) is 0.722. The predicted molar refractivity (Wildman–Crippen MR) is 89.3 cm³/mol. The van der Waals surface area contributed by atoms with E-state index in [-0.39, 0.29) is 12.0 Å². The average molecular weight is 344 g/mol. The van der Waals surface area contributed by atoms with Gasteiger partial charge in [0.2, 0.25) is 0 Å². The summed E-state index contributed by atoms with van der Waals surface area (Å²) in [6, 6.07) is 13.4. The molecule has 0 aliphatic rings. The SMILES string of the molecule is O=C(COC(=O)Cc1ccccc1F)Nc1nc2ccccc2s1. The molecule has 2 aromatic carbocycles. The number of carbonyl (C=O) groups excluding carboxylic acids is 2. The second kappa shape index (κ2) is 7.18. The number of amides is 1. The zero-order valence-corrected chi connectivity index (χ0v) is 13.3. The Balaban J connectivity index is 1.52. The van der Waals surface area contributed by atoms with E-state index in [2.05, 4.69) is 10.3 Å². The van der Waals surface area contributed by atoms with E-state index in [1.54, 1.807) is 6.07 Å². The van der Waals surface area contributed by atoms with E-state index < -0.39 is 24.3 Å². The zero-order chi connectivity index (χ0) is 16.9. The summed E-state index contributed by atoms with van der Waals surface area (Å²) in [5.41, 5.74) is 1.02. The van der Waals surface area contributed by atoms with E-state index in [9.17, 15) is 14.0 Å². The third-order valence-electron chi connectivity index (χ3n) is 3.20. The number of fused-ring (bicyclic) bond motifs is 1. The highest BCUT2D eigenvalue weighted by atomic mass is 32.1. The van der Waals surface area contributed by atoms with Crippen LogP contribution in [0, 0.1) is 5.82 Å². The molecule has 0 unspecified atom stereocenters. The van der Waals surface area contributed by atoms with Crippen LogP contribution in [0.15, 0.2) is 48.5 Å². The third-order valence-corrected chi connectivity index (χ3v) is 4.15. The van der Waals surface area contributed by atoms with Crippen molar-refractivity contribution in [1.82, 2.24) is 4.98 Å². The van der Waals surface area contributed by atoms with E-state index in [0.29, 0.717) is 5.13 Å². The minimum atomic E-state index is -0.667. The molecule has 1 aromatic heterocycles. The van der Waals surface area contributed by atoms with Crippen molar-refractivity contribution >= 4 is 38.6 Å². The Labute approximate surface area is 141 Å². The first-order valence-corrected chi connectivity index (χ1v) is 7.98. The van der Waals surface area contributed by atoms with Gasteiger partial charge in [-0.05, 0) is 23.8 Å². The van der Waals surface area contributed by atoms with Crippen molar-refractivity contribution in [3.8, 4) is 0 Å². The highest BCUT2D eigenvalue weighted by Crippen LogP contribution is 2.25. The molecule has 1 N–H and O–H groups in total. The smallest absolute Gasteiger partial charge is 0.310 e. The first-order chi connectivity index (χ1) is 11.6. The number of thiazole rings is 1. The summed E-state index contributed by atoms with van der Waals surface area (Å²) in [5, 5.41) is 3.02. The van der Waals surface area contributed by atoms with Gasteiger partial charge >= 0.3 is 5.97 Å². The van der Waals surface area contributed by atoms with Crippen LogP contribution in [0.1, 0.15) is 5.56 Å². The number of benzene rings is 2. The number of para-hydroxylation sites is 1. The van der Waals surface area contributed by atoms with Crippen LogP contribution in [-0.2, 0) is 20.7 Å². The second-order valence-electron chi connectivity index (χ2n) is 4.96. The van der Waals surface area contributed by atoms with E-state index in [1.807, 2.05) is 24.3 Å². The van der Waals surface area contributed by atoms with Gasteiger partial charge < -0.3 is 4.74 Å². The highest BCUT2D eigenvalue weighted by molar-refractivity contribution is 7.22. The van der Waals surface area contributed by atoms with Crippen LogP contribution in [0.25, 0.3) is 10.2 Å². The number of rotatable bonds is 5. The number of ether oxygens (including phenoxy) is 1. The van der Waals surface area contributed by atoms with E-state index in [1.165, 1.54) is 29.5 Å². The third kappa shape index (κ3) is 3.94. The molecule has 0 radical (unpaired) electrons. The molecule has 24 heavy (non-hydrogen) atoms. The van der Waals surface area contributed by atoms with Crippen molar-refractivity contribution < 1.29 is 18.7 Å². The van der Waals surface area contributed by atoms with Gasteiger partial charge in [0.15, 0.2) is 11.7 Å². The summed E-state index contributed by atoms with van der Waals surface area (Å²) in [5.74, 6) is -1.64. The summed E-state index contributed by atoms with van der Waals surface area (Å²) in [4.78, 5) is 27.8. The number of anilines is 1. The Morgan fingerprint density at radius 3 is 2.67 bits per heavy atom. The number of carbonyl (C=O) groups is 2. The average Bonchev–Trinajstić information content (AvgIpc) is 2.97. The molecular formula is C17H13FN2O3S. The summed E-state index contributed by atoms with van der Waals surface area (Å²) in [6.45, 7) is -0.441. The maximum Gasteiger partial charge on any atom is 0.310 e. The summed E-state index contributed by atoms with van der Waals surface area (Å²) in [6.07, 6.45) is -0.221. The van der Waals surface area contributed by atoms with Crippen molar-refractivity contribution in [2.75, 3.05) is 11.9 Å². The molecular weight excluding hydrogens is 331 g/mol. The second-order valence-corrected chi connectivity index (χ2v) is 5.99. The molecule has 7 heteroatoms. The number of aromatic nitrogens is 1. The minimum absolute atomic E-state index is 0.221. The normalized spacial score (nSPS) is 10.5. The molecule has 0 aliphatic heterocycles. The van der Waals surface area contributed by atoms with Crippen LogP contribution in [-0.4, -0.2) is 23.5 Å². The molecule has 0 saturated carbocycles. The van der Waals surface area contributed by atoms with Gasteiger partial charge in [0.25, 0.3) is 5.91 Å². The summed E-state index contributed by atoms with van der Waals surface area (Å²) < 4.78 is 19.3. The van der Waals surface area contributed by atoms with Gasteiger partial charge in [-0.1, -0.05) is 41.7 Å². The van der Waals surface area contributed by atoms with E-state index in [4.69, 9.17) is 4.74 Å². The van der Waals surface area contributed by atoms with Crippen LogP contribution in [0.5, 0.6) is 0 Å². The molecule has 1 heterocycles. The standard InChI is InChI=1S/C17H13FN2O3S/c18-12-6-2-1-5-11(12)9-16(22)23-10-15(21)20-17-19-13-7-3-4-8-14(13)24-17/h1-8H,9-10H2,(H,19,20,21). The predicted octanol–water partition coefficient (Wildman–Crippen LogP) is 3.16. The highest BCUT2D eigenvalue weighted by Gasteiger charge is 2.12. The molecule has 122 valence electrons. The molecule has 3 rings (SSSR count). The molecule has 0 aliphatic carbocycles. The zero-order valence-electron chi connectivity index (χ0n) is 12.5. The fraction of sp³-hybridized carbons (Fsp3) is 0.118. The number of nitrogens with one attached hydrogen (secondary N) is 1. The Morgan fingerprint density at radius 1 is 1.12 bits per heavy atom. The number of esters is 1. The molecule has 3 aromatic rings. The lowest BCUT2D eigenvalue weighted by Crippen LogP contribution is -2.21. The molecule has 0 spiro atoms. The van der Waals surface area contributed by atoms with Gasteiger partial charge in [-0.3, -0.25) is 14.9 Å². The van der Waals surface area contributed by atoms with Gasteiger partial charge in [0.1, 0.15) is 5.82 Å². The van der Waals surface area contributed by atoms with Gasteiger partial charge in [-0.2, -0.15) is 0 Å². The maximum atomic E-state index is 13.4. The number of nitrogens with zero attached hydrogens (tertiary/aromatic N) is 1. The number of hydrogen-bond acceptors (Lipinski definition) is 5. The number of hydrogen-bond donors (Lipinski definition) is 1. The van der Waals surface area contributed by atoms with Crippen molar-refractivity contribution in [1.29, 1.82) is 0 Å². The van der Waals surface area contributed by atoms with E-state index >= 15 is 0 Å². The van der Waals surface area contributed by atoms with Crippen LogP contribution in [0.3, 0.4) is 0 Å². The molecule has 0 atom stereocenters. The fourth-order valence-electron chi connectivity index (χ4n) is 2.08. The monoisotopic (exact) mass is 344 g/mol. The van der Waals surface area contributed by atoms with Crippen molar-refractivity contribution in [2.24, 2.45) is 0 Å². The fourth-order valence-corrected chi connectivity index (χ4v) is 2.96.